The van der Waals surface area contributed by atoms with E-state index in [2.05, 4.69) is 4.98 Å². The molecule has 92 valence electrons. The van der Waals surface area contributed by atoms with E-state index in [0.29, 0.717) is 12.1 Å². The van der Waals surface area contributed by atoms with Gasteiger partial charge >= 0.3 is 0 Å². The van der Waals surface area contributed by atoms with Crippen LogP contribution in [0.25, 0.3) is 0 Å². The molecule has 2 rings (SSSR count). The summed E-state index contributed by atoms with van der Waals surface area (Å²) in [5.74, 6) is 0.0877. The Morgan fingerprint density at radius 3 is 2.82 bits per heavy atom. The average molecular weight is 233 g/mol. The summed E-state index contributed by atoms with van der Waals surface area (Å²) in [7, 11) is 0. The molecule has 0 saturated carbocycles. The molecule has 4 nitrogen and oxygen atoms in total. The summed E-state index contributed by atoms with van der Waals surface area (Å²) in [4.78, 5) is 18.2. The Labute approximate surface area is 102 Å². The van der Waals surface area contributed by atoms with Gasteiger partial charge in [-0.25, -0.2) is 0 Å². The van der Waals surface area contributed by atoms with Gasteiger partial charge in [0.15, 0.2) is 0 Å². The van der Waals surface area contributed by atoms with Crippen molar-refractivity contribution in [3.63, 3.8) is 0 Å². The van der Waals surface area contributed by atoms with Gasteiger partial charge in [0.05, 0.1) is 0 Å². The number of hydrogen-bond acceptors (Lipinski definition) is 3. The molecule has 1 aromatic rings. The maximum absolute atomic E-state index is 12.4. The van der Waals surface area contributed by atoms with Crippen LogP contribution in [0.5, 0.6) is 0 Å². The molecule has 0 spiro atoms. The van der Waals surface area contributed by atoms with E-state index in [1.54, 1.807) is 24.5 Å². The average Bonchev–Trinajstić information content (AvgIpc) is 2.64. The number of carbonyl (C=O) groups excluding carboxylic acids is 1. The maximum Gasteiger partial charge on any atom is 0.254 e. The number of aromatic nitrogens is 1. The molecule has 2 heterocycles. The number of nitrogens with zero attached hydrogens (tertiary/aromatic N) is 2. The first kappa shape index (κ1) is 12.0. The molecule has 1 aliphatic rings. The van der Waals surface area contributed by atoms with Crippen molar-refractivity contribution in [1.82, 2.24) is 9.88 Å². The van der Waals surface area contributed by atoms with Gasteiger partial charge < -0.3 is 10.6 Å². The van der Waals surface area contributed by atoms with E-state index in [-0.39, 0.29) is 11.9 Å². The van der Waals surface area contributed by atoms with Gasteiger partial charge in [0.2, 0.25) is 0 Å². The molecular formula is C13H19N3O. The first-order valence-electron chi connectivity index (χ1n) is 6.24. The summed E-state index contributed by atoms with van der Waals surface area (Å²) < 4.78 is 0. The zero-order chi connectivity index (χ0) is 12.1. The summed E-state index contributed by atoms with van der Waals surface area (Å²) in [5.41, 5.74) is 6.48. The minimum atomic E-state index is 0.0877. The number of hydrogen-bond donors (Lipinski definition) is 1. The van der Waals surface area contributed by atoms with Gasteiger partial charge in [-0.3, -0.25) is 9.78 Å². The number of nitrogens with two attached hydrogens (primary N) is 1. The van der Waals surface area contributed by atoms with E-state index >= 15 is 0 Å². The van der Waals surface area contributed by atoms with Crippen LogP contribution in [0.3, 0.4) is 0 Å². The normalized spacial score (nSPS) is 21.0. The number of carbonyl (C=O) groups is 1. The number of pyridine rings is 1. The van der Waals surface area contributed by atoms with E-state index in [1.807, 2.05) is 4.90 Å². The lowest BCUT2D eigenvalue weighted by atomic mass is 10.1. The Balaban J connectivity index is 2.16. The molecule has 1 aromatic heterocycles. The molecule has 1 atom stereocenters. The Hall–Kier alpha value is -1.42. The lowest BCUT2D eigenvalue weighted by Gasteiger charge is -2.29. The molecule has 0 radical (unpaired) electrons. The predicted molar refractivity (Wildman–Crippen MR) is 66.6 cm³/mol. The fourth-order valence-electron chi connectivity index (χ4n) is 2.35. The SMILES string of the molecule is NCC1CCCCCN1C(=O)c1ccncc1. The topological polar surface area (TPSA) is 59.2 Å². The number of likely N-dealkylation sites (tertiary alicyclic amines) is 1. The molecule has 1 fully saturated rings. The lowest BCUT2D eigenvalue weighted by molar-refractivity contribution is 0.0689. The van der Waals surface area contributed by atoms with E-state index in [1.165, 1.54) is 12.8 Å². The smallest absolute Gasteiger partial charge is 0.254 e. The van der Waals surface area contributed by atoms with Crippen molar-refractivity contribution in [2.24, 2.45) is 5.73 Å². The van der Waals surface area contributed by atoms with Gasteiger partial charge in [-0.15, -0.1) is 0 Å². The molecule has 0 bridgehead atoms. The first-order valence-corrected chi connectivity index (χ1v) is 6.24. The minimum Gasteiger partial charge on any atom is -0.334 e. The van der Waals surface area contributed by atoms with Gasteiger partial charge in [-0.1, -0.05) is 12.8 Å². The largest absolute Gasteiger partial charge is 0.334 e. The molecule has 1 unspecified atom stereocenters. The molecule has 2 N–H and O–H groups in total. The third kappa shape index (κ3) is 2.82. The second kappa shape index (κ2) is 5.77. The number of rotatable bonds is 2. The van der Waals surface area contributed by atoms with E-state index < -0.39 is 0 Å². The third-order valence-electron chi connectivity index (χ3n) is 3.34. The fraction of sp³-hybridized carbons (Fsp3) is 0.538. The molecule has 0 aromatic carbocycles. The predicted octanol–water partition coefficient (Wildman–Crippen LogP) is 1.43. The van der Waals surface area contributed by atoms with Gasteiger partial charge in [-0.2, -0.15) is 0 Å². The summed E-state index contributed by atoms with van der Waals surface area (Å²) in [5, 5.41) is 0. The summed E-state index contributed by atoms with van der Waals surface area (Å²) >= 11 is 0. The molecule has 1 aliphatic heterocycles. The van der Waals surface area contributed by atoms with Crippen LogP contribution < -0.4 is 5.73 Å². The van der Waals surface area contributed by atoms with Crippen LogP contribution in [-0.4, -0.2) is 34.9 Å². The Bertz CT molecular complexity index is 366. The first-order chi connectivity index (χ1) is 8.33. The van der Waals surface area contributed by atoms with Crippen LogP contribution in [0, 0.1) is 0 Å². The van der Waals surface area contributed by atoms with Crippen molar-refractivity contribution in [3.8, 4) is 0 Å². The molecule has 0 aliphatic carbocycles. The molecule has 4 heteroatoms. The van der Waals surface area contributed by atoms with Crippen LogP contribution in [0.1, 0.15) is 36.0 Å². The molecule has 1 amide bonds. The van der Waals surface area contributed by atoms with Crippen molar-refractivity contribution in [2.45, 2.75) is 31.7 Å². The van der Waals surface area contributed by atoms with Crippen LogP contribution >= 0.6 is 0 Å². The van der Waals surface area contributed by atoms with Crippen molar-refractivity contribution in [2.75, 3.05) is 13.1 Å². The van der Waals surface area contributed by atoms with Gasteiger partial charge in [0, 0.05) is 37.1 Å². The second-order valence-corrected chi connectivity index (χ2v) is 4.47. The van der Waals surface area contributed by atoms with E-state index in [0.717, 1.165) is 19.4 Å². The summed E-state index contributed by atoms with van der Waals surface area (Å²) in [6.45, 7) is 1.37. The highest BCUT2D eigenvalue weighted by Gasteiger charge is 2.24. The lowest BCUT2D eigenvalue weighted by Crippen LogP contribution is -2.44. The third-order valence-corrected chi connectivity index (χ3v) is 3.34. The van der Waals surface area contributed by atoms with Crippen molar-refractivity contribution < 1.29 is 4.79 Å². The standard InChI is InChI=1S/C13H19N3O/c14-10-12-4-2-1-3-9-16(12)13(17)11-5-7-15-8-6-11/h5-8,12H,1-4,9-10,14H2. The van der Waals surface area contributed by atoms with Gasteiger partial charge in [0.1, 0.15) is 0 Å². The number of amides is 1. The van der Waals surface area contributed by atoms with Gasteiger partial charge in [-0.05, 0) is 25.0 Å². The Kier molecular flexibility index (Phi) is 4.09. The maximum atomic E-state index is 12.4. The molecular weight excluding hydrogens is 214 g/mol. The van der Waals surface area contributed by atoms with E-state index in [4.69, 9.17) is 5.73 Å². The second-order valence-electron chi connectivity index (χ2n) is 4.47. The molecule has 1 saturated heterocycles. The monoisotopic (exact) mass is 233 g/mol. The summed E-state index contributed by atoms with van der Waals surface area (Å²) in [6, 6.07) is 3.72. The van der Waals surface area contributed by atoms with Crippen LogP contribution in [-0.2, 0) is 0 Å². The highest BCUT2D eigenvalue weighted by atomic mass is 16.2. The van der Waals surface area contributed by atoms with Crippen LogP contribution in [0.2, 0.25) is 0 Å². The minimum absolute atomic E-state index is 0.0877. The highest BCUT2D eigenvalue weighted by Crippen LogP contribution is 2.18. The zero-order valence-electron chi connectivity index (χ0n) is 10.0. The van der Waals surface area contributed by atoms with Crippen molar-refractivity contribution >= 4 is 5.91 Å². The van der Waals surface area contributed by atoms with Crippen LogP contribution in [0.4, 0.5) is 0 Å². The van der Waals surface area contributed by atoms with Crippen LogP contribution in [0.15, 0.2) is 24.5 Å². The highest BCUT2D eigenvalue weighted by molar-refractivity contribution is 5.94. The van der Waals surface area contributed by atoms with Gasteiger partial charge in [0.25, 0.3) is 5.91 Å². The molecule has 17 heavy (non-hydrogen) atoms. The quantitative estimate of drug-likeness (QED) is 0.840. The van der Waals surface area contributed by atoms with Crippen molar-refractivity contribution in [1.29, 1.82) is 0 Å². The Morgan fingerprint density at radius 1 is 1.35 bits per heavy atom. The van der Waals surface area contributed by atoms with Crippen molar-refractivity contribution in [3.05, 3.63) is 30.1 Å². The fourth-order valence-corrected chi connectivity index (χ4v) is 2.35. The summed E-state index contributed by atoms with van der Waals surface area (Å²) in [6.07, 6.45) is 7.77. The Morgan fingerprint density at radius 2 is 2.12 bits per heavy atom. The zero-order valence-corrected chi connectivity index (χ0v) is 10.0. The van der Waals surface area contributed by atoms with E-state index in [9.17, 15) is 4.79 Å².